The molecule has 0 spiro atoms. The van der Waals surface area contributed by atoms with Gasteiger partial charge < -0.3 is 15.4 Å². The van der Waals surface area contributed by atoms with Crippen LogP contribution < -0.4 is 15.4 Å². The largest absolute Gasteiger partial charge is 0.489 e. The Hall–Kier alpha value is -3.93. The van der Waals surface area contributed by atoms with E-state index in [9.17, 15) is 4.39 Å². The Labute approximate surface area is 168 Å². The Morgan fingerprint density at radius 2 is 1.62 bits per heavy atom. The minimum Gasteiger partial charge on any atom is -0.489 e. The van der Waals surface area contributed by atoms with Gasteiger partial charge in [-0.1, -0.05) is 36.4 Å². The van der Waals surface area contributed by atoms with Crippen LogP contribution in [-0.2, 0) is 6.61 Å². The summed E-state index contributed by atoms with van der Waals surface area (Å²) in [6.07, 6.45) is 1.63. The quantitative estimate of drug-likeness (QED) is 0.428. The predicted octanol–water partition coefficient (Wildman–Crippen LogP) is 5.68. The van der Waals surface area contributed by atoms with Crippen molar-refractivity contribution in [3.8, 4) is 5.75 Å². The topological polar surface area (TPSA) is 59.1 Å². The minimum absolute atomic E-state index is 0.321. The molecule has 144 valence electrons. The summed E-state index contributed by atoms with van der Waals surface area (Å²) in [5.74, 6) is 1.47. The van der Waals surface area contributed by atoms with Crippen LogP contribution in [0, 0.1) is 5.82 Å². The molecule has 0 aliphatic rings. The third-order valence-corrected chi connectivity index (χ3v) is 4.11. The van der Waals surface area contributed by atoms with E-state index in [2.05, 4.69) is 20.6 Å². The summed E-state index contributed by atoms with van der Waals surface area (Å²) < 4.78 is 19.1. The Kier molecular flexibility index (Phi) is 5.62. The summed E-state index contributed by atoms with van der Waals surface area (Å²) in [5.41, 5.74) is 2.57. The number of hydrogen-bond acceptors (Lipinski definition) is 5. The van der Waals surface area contributed by atoms with Gasteiger partial charge in [-0.2, -0.15) is 4.98 Å². The fraction of sp³-hybridized carbons (Fsp3) is 0.0435. The van der Waals surface area contributed by atoms with Gasteiger partial charge in [-0.3, -0.25) is 0 Å². The van der Waals surface area contributed by atoms with Crippen molar-refractivity contribution in [3.63, 3.8) is 0 Å². The van der Waals surface area contributed by atoms with Crippen LogP contribution in [0.4, 0.5) is 27.5 Å². The predicted molar refractivity (Wildman–Crippen MR) is 112 cm³/mol. The fourth-order valence-corrected chi connectivity index (χ4v) is 2.71. The smallest absolute Gasteiger partial charge is 0.229 e. The second-order valence-corrected chi connectivity index (χ2v) is 6.32. The highest BCUT2D eigenvalue weighted by Crippen LogP contribution is 2.21. The van der Waals surface area contributed by atoms with Crippen LogP contribution in [0.25, 0.3) is 0 Å². The van der Waals surface area contributed by atoms with E-state index in [4.69, 9.17) is 4.74 Å². The van der Waals surface area contributed by atoms with E-state index in [1.165, 1.54) is 12.1 Å². The summed E-state index contributed by atoms with van der Waals surface area (Å²) >= 11 is 0. The van der Waals surface area contributed by atoms with Crippen molar-refractivity contribution in [1.29, 1.82) is 0 Å². The highest BCUT2D eigenvalue weighted by molar-refractivity contribution is 5.60. The molecule has 0 saturated heterocycles. The van der Waals surface area contributed by atoms with Crippen molar-refractivity contribution in [2.45, 2.75) is 6.61 Å². The molecular formula is C23H19FN4O. The summed E-state index contributed by atoms with van der Waals surface area (Å²) in [6, 6.07) is 25.6. The molecule has 0 aliphatic carbocycles. The third-order valence-electron chi connectivity index (χ3n) is 4.11. The lowest BCUT2D eigenvalue weighted by atomic mass is 10.2. The molecule has 0 atom stereocenters. The van der Waals surface area contributed by atoms with Crippen LogP contribution in [-0.4, -0.2) is 9.97 Å². The molecule has 4 aromatic rings. The molecule has 3 aromatic carbocycles. The molecule has 0 aliphatic heterocycles. The van der Waals surface area contributed by atoms with Crippen LogP contribution in [0.2, 0.25) is 0 Å². The van der Waals surface area contributed by atoms with E-state index in [1.54, 1.807) is 24.4 Å². The number of aromatic nitrogens is 2. The van der Waals surface area contributed by atoms with E-state index in [1.807, 2.05) is 54.6 Å². The van der Waals surface area contributed by atoms with Gasteiger partial charge in [0.1, 0.15) is 24.0 Å². The van der Waals surface area contributed by atoms with Crippen molar-refractivity contribution in [3.05, 3.63) is 103 Å². The lowest BCUT2D eigenvalue weighted by Gasteiger charge is -2.10. The summed E-state index contributed by atoms with van der Waals surface area (Å²) in [7, 11) is 0. The highest BCUT2D eigenvalue weighted by atomic mass is 19.1. The van der Waals surface area contributed by atoms with Gasteiger partial charge in [0.05, 0.1) is 0 Å². The first-order valence-electron chi connectivity index (χ1n) is 9.14. The first kappa shape index (κ1) is 18.4. The molecule has 0 unspecified atom stereocenters. The van der Waals surface area contributed by atoms with E-state index in [0.29, 0.717) is 24.1 Å². The van der Waals surface area contributed by atoms with Gasteiger partial charge in [0, 0.05) is 17.6 Å². The van der Waals surface area contributed by atoms with E-state index in [-0.39, 0.29) is 5.82 Å². The van der Waals surface area contributed by atoms with Gasteiger partial charge in [-0.15, -0.1) is 0 Å². The van der Waals surface area contributed by atoms with Crippen molar-refractivity contribution >= 4 is 23.1 Å². The number of hydrogen-bond donors (Lipinski definition) is 2. The molecule has 0 amide bonds. The Morgan fingerprint density at radius 3 is 2.41 bits per heavy atom. The highest BCUT2D eigenvalue weighted by Gasteiger charge is 2.03. The number of nitrogens with one attached hydrogen (secondary N) is 2. The zero-order valence-corrected chi connectivity index (χ0v) is 15.5. The van der Waals surface area contributed by atoms with Crippen LogP contribution in [0.15, 0.2) is 91.1 Å². The lowest BCUT2D eigenvalue weighted by Crippen LogP contribution is -2.00. The SMILES string of the molecule is Fc1cccc(Nc2nccc(Nc3ccc(OCc4ccccc4)cc3)n2)c1. The molecule has 5 nitrogen and oxygen atoms in total. The van der Waals surface area contributed by atoms with Crippen molar-refractivity contribution in [2.75, 3.05) is 10.6 Å². The molecule has 0 saturated carbocycles. The number of ether oxygens (including phenoxy) is 1. The number of rotatable bonds is 7. The Morgan fingerprint density at radius 1 is 0.793 bits per heavy atom. The standard InChI is InChI=1S/C23H19FN4O/c24-18-7-4-8-20(15-18)27-23-25-14-13-22(28-23)26-19-9-11-21(12-10-19)29-16-17-5-2-1-3-6-17/h1-15H,16H2,(H2,25,26,27,28). The van der Waals surface area contributed by atoms with Crippen molar-refractivity contribution < 1.29 is 9.13 Å². The van der Waals surface area contributed by atoms with Gasteiger partial charge in [0.2, 0.25) is 5.95 Å². The molecular weight excluding hydrogens is 367 g/mol. The van der Waals surface area contributed by atoms with Gasteiger partial charge in [0.15, 0.2) is 0 Å². The van der Waals surface area contributed by atoms with Gasteiger partial charge in [0.25, 0.3) is 0 Å². The van der Waals surface area contributed by atoms with Crippen molar-refractivity contribution in [2.24, 2.45) is 0 Å². The summed E-state index contributed by atoms with van der Waals surface area (Å²) in [5, 5.41) is 6.21. The average Bonchev–Trinajstić information content (AvgIpc) is 2.74. The maximum Gasteiger partial charge on any atom is 0.229 e. The fourth-order valence-electron chi connectivity index (χ4n) is 2.71. The molecule has 2 N–H and O–H groups in total. The molecule has 4 rings (SSSR count). The normalized spacial score (nSPS) is 10.4. The number of halogens is 1. The lowest BCUT2D eigenvalue weighted by molar-refractivity contribution is 0.306. The maximum atomic E-state index is 13.3. The van der Waals surface area contributed by atoms with Crippen LogP contribution in [0.3, 0.4) is 0 Å². The van der Waals surface area contributed by atoms with Gasteiger partial charge in [-0.25, -0.2) is 9.37 Å². The molecule has 1 aromatic heterocycles. The molecule has 0 bridgehead atoms. The first-order chi connectivity index (χ1) is 14.2. The van der Waals surface area contributed by atoms with Crippen LogP contribution in [0.5, 0.6) is 5.75 Å². The Balaban J connectivity index is 1.37. The second-order valence-electron chi connectivity index (χ2n) is 6.32. The second kappa shape index (κ2) is 8.84. The molecule has 1 heterocycles. The van der Waals surface area contributed by atoms with E-state index >= 15 is 0 Å². The molecule has 6 heteroatoms. The molecule has 29 heavy (non-hydrogen) atoms. The minimum atomic E-state index is -0.321. The average molecular weight is 386 g/mol. The molecule has 0 fully saturated rings. The first-order valence-corrected chi connectivity index (χ1v) is 9.14. The summed E-state index contributed by atoms with van der Waals surface area (Å²) in [6.45, 7) is 0.522. The van der Waals surface area contributed by atoms with Crippen LogP contribution >= 0.6 is 0 Å². The van der Waals surface area contributed by atoms with Crippen LogP contribution in [0.1, 0.15) is 5.56 Å². The number of anilines is 4. The van der Waals surface area contributed by atoms with Gasteiger partial charge >= 0.3 is 0 Å². The maximum absolute atomic E-state index is 13.3. The third kappa shape index (κ3) is 5.29. The Bertz CT molecular complexity index is 1070. The monoisotopic (exact) mass is 386 g/mol. The number of benzene rings is 3. The zero-order valence-electron chi connectivity index (χ0n) is 15.5. The zero-order chi connectivity index (χ0) is 19.9. The molecule has 0 radical (unpaired) electrons. The van der Waals surface area contributed by atoms with E-state index < -0.39 is 0 Å². The number of nitrogens with zero attached hydrogens (tertiary/aromatic N) is 2. The summed E-state index contributed by atoms with van der Waals surface area (Å²) in [4.78, 5) is 8.57. The van der Waals surface area contributed by atoms with Crippen molar-refractivity contribution in [1.82, 2.24) is 9.97 Å². The van der Waals surface area contributed by atoms with Gasteiger partial charge in [-0.05, 0) is 54.1 Å². The van der Waals surface area contributed by atoms with E-state index in [0.717, 1.165) is 17.0 Å².